The summed E-state index contributed by atoms with van der Waals surface area (Å²) < 4.78 is 6.87. The lowest BCUT2D eigenvalue weighted by molar-refractivity contribution is -0.134. The Bertz CT molecular complexity index is 975. The first-order chi connectivity index (χ1) is 11.6. The number of fused-ring (bicyclic) bond motifs is 3. The minimum absolute atomic E-state index is 0.106. The van der Waals surface area contributed by atoms with E-state index < -0.39 is 6.10 Å². The lowest BCUT2D eigenvalue weighted by atomic mass is 10.1. The monoisotopic (exact) mass is 327 g/mol. The van der Waals surface area contributed by atoms with Crippen molar-refractivity contribution in [3.05, 3.63) is 40.9 Å². The van der Waals surface area contributed by atoms with E-state index in [4.69, 9.17) is 4.42 Å². The van der Waals surface area contributed by atoms with Crippen LogP contribution in [0, 0.1) is 0 Å². The molecule has 1 aromatic carbocycles. The van der Waals surface area contributed by atoms with Crippen molar-refractivity contribution < 1.29 is 14.3 Å². The lowest BCUT2D eigenvalue weighted by Crippen LogP contribution is -2.44. The highest BCUT2D eigenvalue weighted by Gasteiger charge is 2.23. The molecule has 0 spiro atoms. The largest absolute Gasteiger partial charge is 0.448 e. The van der Waals surface area contributed by atoms with E-state index in [1.165, 1.54) is 10.9 Å². The second kappa shape index (κ2) is 5.76. The molecule has 1 amide bonds. The van der Waals surface area contributed by atoms with Gasteiger partial charge < -0.3 is 14.4 Å². The summed E-state index contributed by atoms with van der Waals surface area (Å²) in [6.45, 7) is 0.810. The van der Waals surface area contributed by atoms with Gasteiger partial charge in [0.2, 0.25) is 11.5 Å². The van der Waals surface area contributed by atoms with Crippen LogP contribution >= 0.6 is 0 Å². The van der Waals surface area contributed by atoms with Crippen molar-refractivity contribution in [3.63, 3.8) is 0 Å². The summed E-state index contributed by atoms with van der Waals surface area (Å²) in [6, 6.07) is 7.31. The van der Waals surface area contributed by atoms with Gasteiger partial charge in [0, 0.05) is 18.5 Å². The molecule has 3 heterocycles. The van der Waals surface area contributed by atoms with Gasteiger partial charge in [-0.1, -0.05) is 12.1 Å². The molecule has 1 saturated heterocycles. The fourth-order valence-corrected chi connectivity index (χ4v) is 3.15. The molecule has 4 rings (SSSR count). The zero-order valence-electron chi connectivity index (χ0n) is 13.0. The first-order valence-electron chi connectivity index (χ1n) is 7.96. The summed E-state index contributed by atoms with van der Waals surface area (Å²) in [5.74, 6) is -0.201. The number of hydrogen-bond acceptors (Lipinski definition) is 5. The van der Waals surface area contributed by atoms with Gasteiger partial charge in [0.25, 0.3) is 5.56 Å². The summed E-state index contributed by atoms with van der Waals surface area (Å²) in [5.41, 5.74) is 0.889. The number of hydrogen-bond donors (Lipinski definition) is 1. The van der Waals surface area contributed by atoms with Crippen LogP contribution in [0.4, 0.5) is 0 Å². The SMILES string of the molecule is O=C(Cn1cnc2c(oc3ccccc32)c1=O)N1CCCC(O)C1. The second-order valence-electron chi connectivity index (χ2n) is 6.09. The number of β-amino-alcohol motifs (C(OH)–C–C–N with tert-alkyl or cyclic N) is 1. The zero-order valence-corrected chi connectivity index (χ0v) is 13.0. The second-order valence-corrected chi connectivity index (χ2v) is 6.09. The Labute approximate surface area is 137 Å². The molecule has 0 bridgehead atoms. The van der Waals surface area contributed by atoms with Gasteiger partial charge in [-0.2, -0.15) is 0 Å². The highest BCUT2D eigenvalue weighted by atomic mass is 16.3. The Balaban J connectivity index is 1.67. The molecular weight excluding hydrogens is 310 g/mol. The quantitative estimate of drug-likeness (QED) is 0.762. The van der Waals surface area contributed by atoms with Crippen molar-refractivity contribution >= 4 is 28.0 Å². The van der Waals surface area contributed by atoms with Gasteiger partial charge in [0.05, 0.1) is 12.4 Å². The molecular formula is C17H17N3O4. The molecule has 3 aromatic rings. The maximum absolute atomic E-state index is 12.6. The van der Waals surface area contributed by atoms with Gasteiger partial charge in [-0.15, -0.1) is 0 Å². The molecule has 124 valence electrons. The fourth-order valence-electron chi connectivity index (χ4n) is 3.15. The summed E-state index contributed by atoms with van der Waals surface area (Å²) in [4.78, 5) is 30.8. The third-order valence-electron chi connectivity index (χ3n) is 4.41. The third kappa shape index (κ3) is 2.46. The van der Waals surface area contributed by atoms with Gasteiger partial charge >= 0.3 is 0 Å². The lowest BCUT2D eigenvalue weighted by Gasteiger charge is -2.30. The van der Waals surface area contributed by atoms with Gasteiger partial charge in [0.15, 0.2) is 0 Å². The van der Waals surface area contributed by atoms with E-state index in [-0.39, 0.29) is 23.6 Å². The first kappa shape index (κ1) is 14.9. The number of carbonyl (C=O) groups is 1. The van der Waals surface area contributed by atoms with Crippen LogP contribution < -0.4 is 5.56 Å². The molecule has 1 fully saturated rings. The molecule has 7 nitrogen and oxygen atoms in total. The Morgan fingerprint density at radius 2 is 2.21 bits per heavy atom. The number of likely N-dealkylation sites (tertiary alicyclic amines) is 1. The highest BCUT2D eigenvalue weighted by Crippen LogP contribution is 2.24. The number of amides is 1. The van der Waals surface area contributed by atoms with E-state index in [2.05, 4.69) is 4.98 Å². The number of aliphatic hydroxyl groups excluding tert-OH is 1. The molecule has 1 N–H and O–H groups in total. The zero-order chi connectivity index (χ0) is 16.7. The first-order valence-corrected chi connectivity index (χ1v) is 7.96. The number of piperidine rings is 1. The van der Waals surface area contributed by atoms with Crippen LogP contribution in [-0.2, 0) is 11.3 Å². The predicted octanol–water partition coefficient (Wildman–Crippen LogP) is 1.13. The molecule has 0 radical (unpaired) electrons. The molecule has 0 aliphatic carbocycles. The summed E-state index contributed by atoms with van der Waals surface area (Å²) in [5, 5.41) is 10.5. The predicted molar refractivity (Wildman–Crippen MR) is 87.6 cm³/mol. The van der Waals surface area contributed by atoms with Gasteiger partial charge in [0.1, 0.15) is 17.6 Å². The molecule has 7 heteroatoms. The standard InChI is InChI=1S/C17H17N3O4/c21-11-4-3-7-19(8-11)14(22)9-20-10-18-15-12-5-1-2-6-13(12)24-16(15)17(20)23/h1-2,5-6,10-11,21H,3-4,7-9H2. The normalized spacial score (nSPS) is 18.4. The van der Waals surface area contributed by atoms with Gasteiger partial charge in [-0.3, -0.25) is 14.2 Å². The van der Waals surface area contributed by atoms with Crippen molar-refractivity contribution in [1.82, 2.24) is 14.5 Å². The number of aliphatic hydroxyl groups is 1. The number of aromatic nitrogens is 2. The number of nitrogens with zero attached hydrogens (tertiary/aromatic N) is 3. The van der Waals surface area contributed by atoms with Crippen molar-refractivity contribution in [2.45, 2.75) is 25.5 Å². The minimum atomic E-state index is -0.490. The van der Waals surface area contributed by atoms with Crippen LogP contribution in [0.2, 0.25) is 0 Å². The molecule has 1 atom stereocenters. The van der Waals surface area contributed by atoms with Crippen LogP contribution in [0.5, 0.6) is 0 Å². The summed E-state index contributed by atoms with van der Waals surface area (Å²) in [6.07, 6.45) is 2.36. The topological polar surface area (TPSA) is 88.6 Å². The molecule has 1 aliphatic heterocycles. The minimum Gasteiger partial charge on any atom is -0.448 e. The van der Waals surface area contributed by atoms with Crippen LogP contribution in [-0.4, -0.2) is 44.7 Å². The molecule has 0 saturated carbocycles. The molecule has 24 heavy (non-hydrogen) atoms. The maximum Gasteiger partial charge on any atom is 0.297 e. The average Bonchev–Trinajstić information content (AvgIpc) is 2.97. The highest BCUT2D eigenvalue weighted by molar-refractivity contribution is 6.01. The van der Waals surface area contributed by atoms with Crippen LogP contribution in [0.25, 0.3) is 22.1 Å². The Morgan fingerprint density at radius 1 is 1.38 bits per heavy atom. The van der Waals surface area contributed by atoms with Crippen LogP contribution in [0.3, 0.4) is 0 Å². The molecule has 1 unspecified atom stereocenters. The van der Waals surface area contributed by atoms with Crippen molar-refractivity contribution in [3.8, 4) is 0 Å². The van der Waals surface area contributed by atoms with E-state index in [0.29, 0.717) is 30.6 Å². The van der Waals surface area contributed by atoms with Crippen molar-refractivity contribution in [2.24, 2.45) is 0 Å². The molecule has 2 aromatic heterocycles. The fraction of sp³-hybridized carbons (Fsp3) is 0.353. The van der Waals surface area contributed by atoms with Crippen molar-refractivity contribution in [1.29, 1.82) is 0 Å². The smallest absolute Gasteiger partial charge is 0.297 e. The van der Waals surface area contributed by atoms with E-state index in [1.807, 2.05) is 18.2 Å². The van der Waals surface area contributed by atoms with Crippen molar-refractivity contribution in [2.75, 3.05) is 13.1 Å². The van der Waals surface area contributed by atoms with Crippen LogP contribution in [0.15, 0.2) is 39.8 Å². The van der Waals surface area contributed by atoms with E-state index in [9.17, 15) is 14.7 Å². The number of furan rings is 1. The Morgan fingerprint density at radius 3 is 3.04 bits per heavy atom. The molecule has 1 aliphatic rings. The van der Waals surface area contributed by atoms with Gasteiger partial charge in [-0.05, 0) is 25.0 Å². The van der Waals surface area contributed by atoms with Crippen LogP contribution in [0.1, 0.15) is 12.8 Å². The number of carbonyl (C=O) groups excluding carboxylic acids is 1. The number of benzene rings is 1. The van der Waals surface area contributed by atoms with E-state index >= 15 is 0 Å². The maximum atomic E-state index is 12.6. The Hall–Kier alpha value is -2.67. The number of para-hydroxylation sites is 1. The van der Waals surface area contributed by atoms with Gasteiger partial charge in [-0.25, -0.2) is 4.98 Å². The van der Waals surface area contributed by atoms with E-state index in [0.717, 1.165) is 11.8 Å². The summed E-state index contributed by atoms with van der Waals surface area (Å²) >= 11 is 0. The third-order valence-corrected chi connectivity index (χ3v) is 4.41. The Kier molecular flexibility index (Phi) is 3.57. The van der Waals surface area contributed by atoms with E-state index in [1.54, 1.807) is 11.0 Å². The number of rotatable bonds is 2. The average molecular weight is 327 g/mol. The summed E-state index contributed by atoms with van der Waals surface area (Å²) in [7, 11) is 0.